The highest BCUT2D eigenvalue weighted by Gasteiger charge is 2.00. The summed E-state index contributed by atoms with van der Waals surface area (Å²) in [6.45, 7) is 5.31. The van der Waals surface area contributed by atoms with Crippen molar-refractivity contribution in [2.24, 2.45) is 0 Å². The van der Waals surface area contributed by atoms with Gasteiger partial charge in [0.15, 0.2) is 0 Å². The topological polar surface area (TPSA) is 41.1 Å². The Kier molecular flexibility index (Phi) is 21.0. The predicted molar refractivity (Wildman–Crippen MR) is 111 cm³/mol. The Morgan fingerprint density at radius 3 is 1.40 bits per heavy atom. The van der Waals surface area contributed by atoms with Crippen LogP contribution >= 0.6 is 0 Å². The van der Waals surface area contributed by atoms with Crippen molar-refractivity contribution < 1.29 is 4.79 Å². The molecule has 0 heterocycles. The van der Waals surface area contributed by atoms with E-state index in [0.29, 0.717) is 6.42 Å². The van der Waals surface area contributed by atoms with Crippen molar-refractivity contribution in [1.82, 2.24) is 10.9 Å². The summed E-state index contributed by atoms with van der Waals surface area (Å²) in [6.07, 6.45) is 23.4. The van der Waals surface area contributed by atoms with Crippen LogP contribution in [-0.4, -0.2) is 12.5 Å². The SMILES string of the molecule is CCCCCCCCCCCCCCCCCC(=O)NNCCCC. The van der Waals surface area contributed by atoms with Gasteiger partial charge in [-0.05, 0) is 12.8 Å². The number of carbonyl (C=O) groups is 1. The molecule has 150 valence electrons. The predicted octanol–water partition coefficient (Wildman–Crippen LogP) is 6.67. The lowest BCUT2D eigenvalue weighted by atomic mass is 10.0. The number of amides is 1. The first-order valence-electron chi connectivity index (χ1n) is 11.3. The third kappa shape index (κ3) is 21.4. The van der Waals surface area contributed by atoms with Crippen LogP contribution in [-0.2, 0) is 4.79 Å². The molecule has 0 fully saturated rings. The first-order valence-corrected chi connectivity index (χ1v) is 11.3. The van der Waals surface area contributed by atoms with E-state index < -0.39 is 0 Å². The molecular weight excluding hydrogens is 308 g/mol. The lowest BCUT2D eigenvalue weighted by molar-refractivity contribution is -0.122. The van der Waals surface area contributed by atoms with E-state index in [9.17, 15) is 4.79 Å². The molecular formula is C22H46N2O. The Morgan fingerprint density at radius 1 is 0.560 bits per heavy atom. The number of unbranched alkanes of at least 4 members (excludes halogenated alkanes) is 15. The van der Waals surface area contributed by atoms with Crippen LogP contribution in [0.2, 0.25) is 0 Å². The van der Waals surface area contributed by atoms with E-state index in [1.807, 2.05) is 0 Å². The Bertz CT molecular complexity index is 269. The molecule has 0 radical (unpaired) electrons. The van der Waals surface area contributed by atoms with Crippen molar-refractivity contribution in [2.45, 2.75) is 129 Å². The van der Waals surface area contributed by atoms with E-state index in [2.05, 4.69) is 24.7 Å². The fourth-order valence-corrected chi connectivity index (χ4v) is 3.15. The first-order chi connectivity index (χ1) is 12.3. The van der Waals surface area contributed by atoms with Gasteiger partial charge in [-0.15, -0.1) is 0 Å². The highest BCUT2D eigenvalue weighted by atomic mass is 16.2. The van der Waals surface area contributed by atoms with Gasteiger partial charge in [0.1, 0.15) is 0 Å². The van der Waals surface area contributed by atoms with Crippen LogP contribution < -0.4 is 10.9 Å². The maximum Gasteiger partial charge on any atom is 0.234 e. The summed E-state index contributed by atoms with van der Waals surface area (Å²) in [4.78, 5) is 11.6. The summed E-state index contributed by atoms with van der Waals surface area (Å²) in [5.74, 6) is 0.144. The van der Waals surface area contributed by atoms with Gasteiger partial charge in [0.25, 0.3) is 0 Å². The van der Waals surface area contributed by atoms with E-state index in [1.54, 1.807) is 0 Å². The molecule has 0 spiro atoms. The molecule has 0 rings (SSSR count). The van der Waals surface area contributed by atoms with Crippen LogP contribution in [0.5, 0.6) is 0 Å². The maximum atomic E-state index is 11.6. The van der Waals surface area contributed by atoms with Crippen LogP contribution in [0.25, 0.3) is 0 Å². The zero-order chi connectivity index (χ0) is 18.4. The lowest BCUT2D eigenvalue weighted by Crippen LogP contribution is -2.37. The van der Waals surface area contributed by atoms with E-state index in [4.69, 9.17) is 0 Å². The summed E-state index contributed by atoms with van der Waals surface area (Å²) < 4.78 is 0. The van der Waals surface area contributed by atoms with Crippen molar-refractivity contribution in [3.63, 3.8) is 0 Å². The molecule has 0 aliphatic heterocycles. The fourth-order valence-electron chi connectivity index (χ4n) is 3.15. The third-order valence-corrected chi connectivity index (χ3v) is 4.89. The number of hydrogen-bond donors (Lipinski definition) is 2. The Labute approximate surface area is 158 Å². The van der Waals surface area contributed by atoms with Crippen molar-refractivity contribution in [2.75, 3.05) is 6.54 Å². The van der Waals surface area contributed by atoms with E-state index in [-0.39, 0.29) is 5.91 Å². The van der Waals surface area contributed by atoms with Gasteiger partial charge < -0.3 is 0 Å². The maximum absolute atomic E-state index is 11.6. The summed E-state index contributed by atoms with van der Waals surface area (Å²) in [6, 6.07) is 0. The monoisotopic (exact) mass is 354 g/mol. The van der Waals surface area contributed by atoms with Gasteiger partial charge in [-0.2, -0.15) is 0 Å². The normalized spacial score (nSPS) is 11.0. The molecule has 0 bridgehead atoms. The standard InChI is InChI=1S/C22H46N2O/c1-3-5-7-8-9-10-11-12-13-14-15-16-17-18-19-20-22(25)24-23-21-6-4-2/h23H,3-21H2,1-2H3,(H,24,25). The lowest BCUT2D eigenvalue weighted by Gasteiger charge is -2.06. The molecule has 1 amide bonds. The average molecular weight is 355 g/mol. The van der Waals surface area contributed by atoms with Crippen LogP contribution in [0.1, 0.15) is 129 Å². The van der Waals surface area contributed by atoms with Crippen molar-refractivity contribution in [1.29, 1.82) is 0 Å². The molecule has 25 heavy (non-hydrogen) atoms. The van der Waals surface area contributed by atoms with Gasteiger partial charge in [0.05, 0.1) is 0 Å². The minimum atomic E-state index is 0.144. The second-order valence-corrected chi connectivity index (χ2v) is 7.53. The van der Waals surface area contributed by atoms with E-state index in [1.165, 1.54) is 89.9 Å². The molecule has 0 aromatic rings. The van der Waals surface area contributed by atoms with Crippen LogP contribution in [0.3, 0.4) is 0 Å². The molecule has 0 saturated heterocycles. The number of rotatable bonds is 20. The van der Waals surface area contributed by atoms with Gasteiger partial charge in [0, 0.05) is 13.0 Å². The van der Waals surface area contributed by atoms with Gasteiger partial charge in [0.2, 0.25) is 5.91 Å². The van der Waals surface area contributed by atoms with E-state index >= 15 is 0 Å². The minimum absolute atomic E-state index is 0.144. The largest absolute Gasteiger partial charge is 0.292 e. The van der Waals surface area contributed by atoms with Crippen LogP contribution in [0.15, 0.2) is 0 Å². The summed E-state index contributed by atoms with van der Waals surface area (Å²) in [5.41, 5.74) is 5.77. The number of hydrazine groups is 1. The van der Waals surface area contributed by atoms with Crippen molar-refractivity contribution in [3.8, 4) is 0 Å². The molecule has 0 aromatic carbocycles. The minimum Gasteiger partial charge on any atom is -0.292 e. The number of nitrogens with one attached hydrogen (secondary N) is 2. The zero-order valence-electron chi connectivity index (χ0n) is 17.3. The van der Waals surface area contributed by atoms with Gasteiger partial charge >= 0.3 is 0 Å². The molecule has 2 N–H and O–H groups in total. The van der Waals surface area contributed by atoms with Gasteiger partial charge in [-0.25, -0.2) is 5.43 Å². The molecule has 0 atom stereocenters. The smallest absolute Gasteiger partial charge is 0.234 e. The molecule has 0 aliphatic rings. The second kappa shape index (κ2) is 21.5. The first kappa shape index (κ1) is 24.4. The second-order valence-electron chi connectivity index (χ2n) is 7.53. The van der Waals surface area contributed by atoms with Crippen LogP contribution in [0.4, 0.5) is 0 Å². The average Bonchev–Trinajstić information content (AvgIpc) is 2.62. The molecule has 0 aromatic heterocycles. The van der Waals surface area contributed by atoms with Crippen LogP contribution in [0, 0.1) is 0 Å². The van der Waals surface area contributed by atoms with E-state index in [0.717, 1.165) is 25.8 Å². The summed E-state index contributed by atoms with van der Waals surface area (Å²) >= 11 is 0. The van der Waals surface area contributed by atoms with Crippen molar-refractivity contribution in [3.05, 3.63) is 0 Å². The number of hydrogen-bond acceptors (Lipinski definition) is 2. The third-order valence-electron chi connectivity index (χ3n) is 4.89. The Hall–Kier alpha value is -0.570. The molecule has 0 saturated carbocycles. The molecule has 3 nitrogen and oxygen atoms in total. The fraction of sp³-hybridized carbons (Fsp3) is 0.955. The summed E-state index contributed by atoms with van der Waals surface area (Å²) in [5, 5.41) is 0. The quantitative estimate of drug-likeness (QED) is 0.189. The highest BCUT2D eigenvalue weighted by Crippen LogP contribution is 2.13. The molecule has 0 aliphatic carbocycles. The van der Waals surface area contributed by atoms with Gasteiger partial charge in [-0.3, -0.25) is 10.2 Å². The number of carbonyl (C=O) groups excluding carboxylic acids is 1. The summed E-state index contributed by atoms with van der Waals surface area (Å²) in [7, 11) is 0. The van der Waals surface area contributed by atoms with Gasteiger partial charge in [-0.1, -0.05) is 110 Å². The van der Waals surface area contributed by atoms with Crippen molar-refractivity contribution >= 4 is 5.91 Å². The molecule has 0 unspecified atom stereocenters. The zero-order valence-corrected chi connectivity index (χ0v) is 17.3. The Balaban J connectivity index is 3.08. The highest BCUT2D eigenvalue weighted by molar-refractivity contribution is 5.75. The molecule has 3 heteroatoms. The Morgan fingerprint density at radius 2 is 0.960 bits per heavy atom.